The van der Waals surface area contributed by atoms with Gasteiger partial charge in [-0.25, -0.2) is 4.39 Å². The quantitative estimate of drug-likeness (QED) is 0.645. The number of halogens is 3. The molecule has 0 aliphatic heterocycles. The van der Waals surface area contributed by atoms with Gasteiger partial charge in [0.1, 0.15) is 5.82 Å². The van der Waals surface area contributed by atoms with Crippen LogP contribution in [0.3, 0.4) is 0 Å². The van der Waals surface area contributed by atoms with Crippen LogP contribution in [0.2, 0.25) is 5.02 Å². The lowest BCUT2D eigenvalue weighted by atomic mass is 10.0. The summed E-state index contributed by atoms with van der Waals surface area (Å²) in [6, 6.07) is 10.6. The van der Waals surface area contributed by atoms with E-state index in [4.69, 9.17) is 23.2 Å². The highest BCUT2D eigenvalue weighted by molar-refractivity contribution is 6.31. The van der Waals surface area contributed by atoms with Gasteiger partial charge in [-0.1, -0.05) is 29.8 Å². The summed E-state index contributed by atoms with van der Waals surface area (Å²) in [5, 5.41) is 0.344. The Balaban J connectivity index is 2.40. The first-order valence-corrected chi connectivity index (χ1v) is 6.46. The maximum atomic E-state index is 13.2. The van der Waals surface area contributed by atoms with Crippen molar-refractivity contribution in [3.05, 3.63) is 69.5 Å². The van der Waals surface area contributed by atoms with E-state index in [2.05, 4.69) is 0 Å². The second kappa shape index (κ2) is 5.29. The summed E-state index contributed by atoms with van der Waals surface area (Å²) in [6.07, 6.45) is 0. The van der Waals surface area contributed by atoms with Crippen LogP contribution in [0.4, 0.5) is 4.39 Å². The second-order valence-corrected chi connectivity index (χ2v) is 5.31. The molecule has 0 amide bonds. The van der Waals surface area contributed by atoms with E-state index >= 15 is 0 Å². The van der Waals surface area contributed by atoms with Gasteiger partial charge in [-0.2, -0.15) is 0 Å². The van der Waals surface area contributed by atoms with Crippen LogP contribution in [0.25, 0.3) is 0 Å². The van der Waals surface area contributed by atoms with Crippen molar-refractivity contribution in [2.45, 2.75) is 19.2 Å². The molecule has 0 aliphatic rings. The Morgan fingerprint density at radius 2 is 1.72 bits per heavy atom. The second-order valence-electron chi connectivity index (χ2n) is 4.43. The molecule has 0 N–H and O–H groups in total. The molecule has 0 aromatic heterocycles. The summed E-state index contributed by atoms with van der Waals surface area (Å²) in [5.74, 6) is -0.218. The molecule has 0 heterocycles. The zero-order chi connectivity index (χ0) is 13.3. The van der Waals surface area contributed by atoms with Crippen molar-refractivity contribution < 1.29 is 4.39 Å². The van der Waals surface area contributed by atoms with Crippen molar-refractivity contribution in [1.29, 1.82) is 0 Å². The van der Waals surface area contributed by atoms with Crippen molar-refractivity contribution in [2.75, 3.05) is 0 Å². The highest BCUT2D eigenvalue weighted by Gasteiger charge is 2.13. The van der Waals surface area contributed by atoms with Gasteiger partial charge in [-0.15, -0.1) is 11.6 Å². The van der Waals surface area contributed by atoms with Crippen LogP contribution in [-0.4, -0.2) is 0 Å². The summed E-state index contributed by atoms with van der Waals surface area (Å²) in [5.41, 5.74) is 3.45. The van der Waals surface area contributed by atoms with Gasteiger partial charge in [0, 0.05) is 5.02 Å². The predicted octanol–water partition coefficient (Wildman–Crippen LogP) is 5.42. The van der Waals surface area contributed by atoms with Crippen molar-refractivity contribution in [3.8, 4) is 0 Å². The minimum absolute atomic E-state index is 0.218. The SMILES string of the molecule is Cc1cc(Cl)cc(C(Cl)c2ccc(F)c(C)c2)c1. The molecule has 2 rings (SSSR count). The lowest BCUT2D eigenvalue weighted by Gasteiger charge is -2.12. The van der Waals surface area contributed by atoms with Crippen molar-refractivity contribution >= 4 is 23.2 Å². The third kappa shape index (κ3) is 2.85. The van der Waals surface area contributed by atoms with E-state index in [1.165, 1.54) is 6.07 Å². The van der Waals surface area contributed by atoms with Gasteiger partial charge in [0.05, 0.1) is 5.38 Å². The average molecular weight is 283 g/mol. The standard InChI is InChI=1S/C15H13Cl2F/c1-9-5-12(8-13(16)6-9)15(17)11-3-4-14(18)10(2)7-11/h3-8,15H,1-2H3. The Labute approximate surface area is 116 Å². The monoisotopic (exact) mass is 282 g/mol. The topological polar surface area (TPSA) is 0 Å². The fraction of sp³-hybridized carbons (Fsp3) is 0.200. The largest absolute Gasteiger partial charge is 0.207 e. The highest BCUT2D eigenvalue weighted by Crippen LogP contribution is 2.31. The Morgan fingerprint density at radius 3 is 2.33 bits per heavy atom. The summed E-state index contributed by atoms with van der Waals surface area (Å²) >= 11 is 12.4. The van der Waals surface area contributed by atoms with E-state index in [1.54, 1.807) is 19.1 Å². The minimum Gasteiger partial charge on any atom is -0.207 e. The molecule has 1 atom stereocenters. The summed E-state index contributed by atoms with van der Waals surface area (Å²) in [6.45, 7) is 3.70. The van der Waals surface area contributed by atoms with Crippen LogP contribution >= 0.6 is 23.2 Å². The van der Waals surface area contributed by atoms with E-state index in [9.17, 15) is 4.39 Å². The maximum absolute atomic E-state index is 13.2. The molecule has 18 heavy (non-hydrogen) atoms. The minimum atomic E-state index is -0.318. The molecule has 0 saturated heterocycles. The highest BCUT2D eigenvalue weighted by atomic mass is 35.5. The number of alkyl halides is 1. The number of hydrogen-bond donors (Lipinski definition) is 0. The van der Waals surface area contributed by atoms with Crippen LogP contribution < -0.4 is 0 Å². The smallest absolute Gasteiger partial charge is 0.126 e. The van der Waals surface area contributed by atoms with E-state index in [-0.39, 0.29) is 11.2 Å². The van der Waals surface area contributed by atoms with E-state index in [0.29, 0.717) is 10.6 Å². The molecule has 0 bridgehead atoms. The van der Waals surface area contributed by atoms with Gasteiger partial charge in [0.2, 0.25) is 0 Å². The summed E-state index contributed by atoms with van der Waals surface area (Å²) in [4.78, 5) is 0. The molecule has 0 nitrogen and oxygen atoms in total. The molecule has 0 saturated carbocycles. The third-order valence-corrected chi connectivity index (χ3v) is 3.55. The molecule has 1 unspecified atom stereocenters. The predicted molar refractivity (Wildman–Crippen MR) is 75.0 cm³/mol. The first-order chi connectivity index (χ1) is 8.47. The molecule has 0 fully saturated rings. The number of hydrogen-bond acceptors (Lipinski definition) is 0. The van der Waals surface area contributed by atoms with Gasteiger partial charge < -0.3 is 0 Å². The van der Waals surface area contributed by atoms with Gasteiger partial charge in [-0.05, 0) is 54.3 Å². The van der Waals surface area contributed by atoms with Gasteiger partial charge in [-0.3, -0.25) is 0 Å². The average Bonchev–Trinajstić information content (AvgIpc) is 2.30. The molecular formula is C15H13Cl2F. The Kier molecular flexibility index (Phi) is 3.94. The maximum Gasteiger partial charge on any atom is 0.126 e. The van der Waals surface area contributed by atoms with E-state index < -0.39 is 0 Å². The number of benzene rings is 2. The molecular weight excluding hydrogens is 270 g/mol. The molecule has 94 valence electrons. The number of rotatable bonds is 2. The zero-order valence-corrected chi connectivity index (χ0v) is 11.7. The van der Waals surface area contributed by atoms with Crippen molar-refractivity contribution in [3.63, 3.8) is 0 Å². The Morgan fingerprint density at radius 1 is 1.00 bits per heavy atom. The molecule has 3 heteroatoms. The molecule has 2 aromatic carbocycles. The molecule has 0 spiro atoms. The number of aryl methyl sites for hydroxylation is 2. The van der Waals surface area contributed by atoms with Crippen LogP contribution in [0, 0.1) is 19.7 Å². The zero-order valence-electron chi connectivity index (χ0n) is 10.2. The van der Waals surface area contributed by atoms with E-state index in [1.807, 2.05) is 25.1 Å². The van der Waals surface area contributed by atoms with Gasteiger partial charge in [0.25, 0.3) is 0 Å². The van der Waals surface area contributed by atoms with Crippen molar-refractivity contribution in [2.24, 2.45) is 0 Å². The summed E-state index contributed by atoms with van der Waals surface area (Å²) < 4.78 is 13.2. The van der Waals surface area contributed by atoms with Gasteiger partial charge >= 0.3 is 0 Å². The lowest BCUT2D eigenvalue weighted by molar-refractivity contribution is 0.617. The third-order valence-electron chi connectivity index (χ3n) is 2.83. The van der Waals surface area contributed by atoms with E-state index in [0.717, 1.165) is 16.7 Å². The molecule has 0 radical (unpaired) electrons. The Bertz CT molecular complexity index is 558. The summed E-state index contributed by atoms with van der Waals surface area (Å²) in [7, 11) is 0. The lowest BCUT2D eigenvalue weighted by Crippen LogP contribution is -1.96. The van der Waals surface area contributed by atoms with Crippen LogP contribution in [0.1, 0.15) is 27.6 Å². The fourth-order valence-electron chi connectivity index (χ4n) is 1.93. The van der Waals surface area contributed by atoms with Crippen LogP contribution in [0.5, 0.6) is 0 Å². The first-order valence-electron chi connectivity index (χ1n) is 5.64. The van der Waals surface area contributed by atoms with Crippen molar-refractivity contribution in [1.82, 2.24) is 0 Å². The molecule has 2 aromatic rings. The van der Waals surface area contributed by atoms with Crippen LogP contribution in [0.15, 0.2) is 36.4 Å². The Hall–Kier alpha value is -1.05. The normalized spacial score (nSPS) is 12.5. The van der Waals surface area contributed by atoms with Crippen LogP contribution in [-0.2, 0) is 0 Å². The van der Waals surface area contributed by atoms with Gasteiger partial charge in [0.15, 0.2) is 0 Å². The first kappa shape index (κ1) is 13.4. The fourth-order valence-corrected chi connectivity index (χ4v) is 2.49. The molecule has 0 aliphatic carbocycles.